The quantitative estimate of drug-likeness (QED) is 0.734. The summed E-state index contributed by atoms with van der Waals surface area (Å²) in [7, 11) is 0. The number of imidazole rings is 1. The van der Waals surface area contributed by atoms with Gasteiger partial charge in [-0.1, -0.05) is 12.1 Å². The SMILES string of the molecule is N#Cc1ccc(-c2nc3nc(N)c(C(N)=O)cn3c2C(F)(F)F)cc1. The standard InChI is InChI=1S/C15H9F3N6O/c16-15(17,18)11-10(8-3-1-7(5-19)2-4-8)22-14-23-12(20)9(13(21)25)6-24(11)14/h1-4,6H,(H2,21,25)(H2,20,22,23). The molecule has 25 heavy (non-hydrogen) atoms. The van der Waals surface area contributed by atoms with Gasteiger partial charge in [0.25, 0.3) is 5.91 Å². The van der Waals surface area contributed by atoms with Crippen LogP contribution in [-0.4, -0.2) is 20.3 Å². The number of hydrogen-bond donors (Lipinski definition) is 2. The van der Waals surface area contributed by atoms with Gasteiger partial charge in [-0.2, -0.15) is 23.4 Å². The molecule has 0 radical (unpaired) electrons. The van der Waals surface area contributed by atoms with Crippen molar-refractivity contribution in [3.8, 4) is 17.3 Å². The summed E-state index contributed by atoms with van der Waals surface area (Å²) >= 11 is 0. The van der Waals surface area contributed by atoms with Gasteiger partial charge in [-0.25, -0.2) is 4.98 Å². The molecule has 0 bridgehead atoms. The van der Waals surface area contributed by atoms with E-state index in [4.69, 9.17) is 16.7 Å². The highest BCUT2D eigenvalue weighted by Gasteiger charge is 2.39. The number of fused-ring (bicyclic) bond motifs is 1. The molecule has 1 aromatic carbocycles. The van der Waals surface area contributed by atoms with Crippen molar-refractivity contribution in [1.82, 2.24) is 14.4 Å². The van der Waals surface area contributed by atoms with Crippen molar-refractivity contribution < 1.29 is 18.0 Å². The van der Waals surface area contributed by atoms with E-state index in [1.807, 2.05) is 6.07 Å². The number of anilines is 1. The predicted molar refractivity (Wildman–Crippen MR) is 81.1 cm³/mol. The van der Waals surface area contributed by atoms with Crippen molar-refractivity contribution in [1.29, 1.82) is 5.26 Å². The maximum atomic E-state index is 13.6. The van der Waals surface area contributed by atoms with Gasteiger partial charge in [0.1, 0.15) is 11.5 Å². The maximum absolute atomic E-state index is 13.6. The van der Waals surface area contributed by atoms with Crippen LogP contribution in [0.4, 0.5) is 19.0 Å². The van der Waals surface area contributed by atoms with Crippen LogP contribution in [0.3, 0.4) is 0 Å². The first-order chi connectivity index (χ1) is 11.7. The van der Waals surface area contributed by atoms with E-state index in [-0.39, 0.29) is 22.7 Å². The zero-order valence-electron chi connectivity index (χ0n) is 12.4. The molecule has 0 aliphatic rings. The van der Waals surface area contributed by atoms with Crippen molar-refractivity contribution in [2.75, 3.05) is 5.73 Å². The van der Waals surface area contributed by atoms with Crippen LogP contribution >= 0.6 is 0 Å². The molecule has 0 atom stereocenters. The predicted octanol–water partition coefficient (Wildman–Crippen LogP) is 1.97. The van der Waals surface area contributed by atoms with Crippen LogP contribution in [-0.2, 0) is 6.18 Å². The van der Waals surface area contributed by atoms with Crippen LogP contribution in [0.25, 0.3) is 17.0 Å². The Morgan fingerprint density at radius 3 is 2.36 bits per heavy atom. The first kappa shape index (κ1) is 16.3. The Kier molecular flexibility index (Phi) is 3.57. The van der Waals surface area contributed by atoms with Gasteiger partial charge in [0.15, 0.2) is 5.69 Å². The highest BCUT2D eigenvalue weighted by atomic mass is 19.4. The summed E-state index contributed by atoms with van der Waals surface area (Å²) < 4.78 is 41.4. The summed E-state index contributed by atoms with van der Waals surface area (Å²) in [6.45, 7) is 0. The van der Waals surface area contributed by atoms with E-state index in [1.165, 1.54) is 24.3 Å². The van der Waals surface area contributed by atoms with Crippen molar-refractivity contribution in [3.05, 3.63) is 47.3 Å². The summed E-state index contributed by atoms with van der Waals surface area (Å²) in [5, 5.41) is 8.79. The molecule has 3 rings (SSSR count). The second-order valence-electron chi connectivity index (χ2n) is 5.07. The van der Waals surface area contributed by atoms with Crippen molar-refractivity contribution in [2.45, 2.75) is 6.18 Å². The molecule has 7 nitrogen and oxygen atoms in total. The summed E-state index contributed by atoms with van der Waals surface area (Å²) in [5.41, 5.74) is 9.22. The number of halogens is 3. The molecule has 0 fully saturated rings. The van der Waals surface area contributed by atoms with Crippen LogP contribution in [0.1, 0.15) is 21.6 Å². The Labute approximate surface area is 138 Å². The lowest BCUT2D eigenvalue weighted by atomic mass is 10.1. The third-order valence-corrected chi connectivity index (χ3v) is 3.47. The summed E-state index contributed by atoms with van der Waals surface area (Å²) in [5.74, 6) is -1.65. The average molecular weight is 346 g/mol. The Bertz CT molecular complexity index is 1030. The fourth-order valence-electron chi connectivity index (χ4n) is 2.35. The summed E-state index contributed by atoms with van der Waals surface area (Å²) in [6.07, 6.45) is -3.92. The van der Waals surface area contributed by atoms with Crippen LogP contribution in [0.15, 0.2) is 30.5 Å². The number of nitriles is 1. The van der Waals surface area contributed by atoms with E-state index in [1.54, 1.807) is 0 Å². The Morgan fingerprint density at radius 1 is 1.20 bits per heavy atom. The molecule has 0 aliphatic heterocycles. The summed E-state index contributed by atoms with van der Waals surface area (Å²) in [6, 6.07) is 7.30. The largest absolute Gasteiger partial charge is 0.434 e. The maximum Gasteiger partial charge on any atom is 0.434 e. The number of primary amides is 1. The minimum absolute atomic E-state index is 0.135. The Morgan fingerprint density at radius 2 is 1.84 bits per heavy atom. The fourth-order valence-corrected chi connectivity index (χ4v) is 2.35. The molecule has 2 aromatic heterocycles. The number of hydrogen-bond acceptors (Lipinski definition) is 5. The number of amides is 1. The number of nitrogens with two attached hydrogens (primary N) is 2. The van der Waals surface area contributed by atoms with E-state index >= 15 is 0 Å². The second kappa shape index (κ2) is 5.48. The van der Waals surface area contributed by atoms with Gasteiger partial charge in [-0.15, -0.1) is 0 Å². The monoisotopic (exact) mass is 346 g/mol. The number of nitrogen functional groups attached to an aromatic ring is 1. The summed E-state index contributed by atoms with van der Waals surface area (Å²) in [4.78, 5) is 18.9. The van der Waals surface area contributed by atoms with E-state index in [9.17, 15) is 18.0 Å². The molecule has 0 aliphatic carbocycles. The lowest BCUT2D eigenvalue weighted by Crippen LogP contribution is -2.17. The minimum atomic E-state index is -4.78. The number of alkyl halides is 3. The molecular weight excluding hydrogens is 337 g/mol. The fraction of sp³-hybridized carbons (Fsp3) is 0.0667. The van der Waals surface area contributed by atoms with E-state index in [0.717, 1.165) is 6.20 Å². The molecule has 10 heteroatoms. The normalized spacial score (nSPS) is 11.4. The first-order valence-corrected chi connectivity index (χ1v) is 6.78. The third kappa shape index (κ3) is 2.72. The van der Waals surface area contributed by atoms with Gasteiger partial charge in [0.2, 0.25) is 5.78 Å². The minimum Gasteiger partial charge on any atom is -0.383 e. The van der Waals surface area contributed by atoms with Gasteiger partial charge >= 0.3 is 6.18 Å². The van der Waals surface area contributed by atoms with Gasteiger partial charge in [0, 0.05) is 11.8 Å². The topological polar surface area (TPSA) is 123 Å². The number of benzene rings is 1. The first-order valence-electron chi connectivity index (χ1n) is 6.78. The zero-order chi connectivity index (χ0) is 18.4. The van der Waals surface area contributed by atoms with Crippen molar-refractivity contribution >= 4 is 17.5 Å². The smallest absolute Gasteiger partial charge is 0.383 e. The lowest BCUT2D eigenvalue weighted by Gasteiger charge is -2.10. The molecule has 4 N–H and O–H groups in total. The number of nitrogens with zero attached hydrogens (tertiary/aromatic N) is 4. The number of rotatable bonds is 2. The highest BCUT2D eigenvalue weighted by molar-refractivity contribution is 5.97. The zero-order valence-corrected chi connectivity index (χ0v) is 12.4. The van der Waals surface area contributed by atoms with Crippen LogP contribution in [0.5, 0.6) is 0 Å². The highest BCUT2D eigenvalue weighted by Crippen LogP contribution is 2.37. The van der Waals surface area contributed by atoms with E-state index < -0.39 is 23.5 Å². The number of carbonyl (C=O) groups excluding carboxylic acids is 1. The molecule has 0 saturated carbocycles. The van der Waals surface area contributed by atoms with Crippen molar-refractivity contribution in [3.63, 3.8) is 0 Å². The second-order valence-corrected chi connectivity index (χ2v) is 5.07. The number of aromatic nitrogens is 3. The van der Waals surface area contributed by atoms with E-state index in [0.29, 0.717) is 9.96 Å². The van der Waals surface area contributed by atoms with Gasteiger partial charge in [0.05, 0.1) is 17.2 Å². The van der Waals surface area contributed by atoms with E-state index in [2.05, 4.69) is 9.97 Å². The van der Waals surface area contributed by atoms with Gasteiger partial charge in [-0.3, -0.25) is 9.20 Å². The van der Waals surface area contributed by atoms with Crippen LogP contribution in [0.2, 0.25) is 0 Å². The Balaban J connectivity index is 2.35. The molecule has 2 heterocycles. The molecule has 126 valence electrons. The number of carbonyl (C=O) groups is 1. The Hall–Kier alpha value is -3.61. The lowest BCUT2D eigenvalue weighted by molar-refractivity contribution is -0.141. The van der Waals surface area contributed by atoms with Gasteiger partial charge in [-0.05, 0) is 12.1 Å². The van der Waals surface area contributed by atoms with Gasteiger partial charge < -0.3 is 11.5 Å². The molecule has 3 aromatic rings. The molecule has 0 spiro atoms. The third-order valence-electron chi connectivity index (χ3n) is 3.47. The molecule has 0 saturated heterocycles. The van der Waals surface area contributed by atoms with Crippen LogP contribution < -0.4 is 11.5 Å². The van der Waals surface area contributed by atoms with Crippen LogP contribution in [0, 0.1) is 11.3 Å². The molecule has 1 amide bonds. The average Bonchev–Trinajstić information content (AvgIpc) is 2.92. The molecule has 0 unspecified atom stereocenters. The van der Waals surface area contributed by atoms with Crippen molar-refractivity contribution in [2.24, 2.45) is 5.73 Å². The molecular formula is C15H9F3N6O.